The predicted molar refractivity (Wildman–Crippen MR) is 94.0 cm³/mol. The Morgan fingerprint density at radius 1 is 1.17 bits per heavy atom. The smallest absolute Gasteiger partial charge is 0.292 e. The average molecular weight is 344 g/mol. The van der Waals surface area contributed by atoms with Gasteiger partial charge in [0.1, 0.15) is 0 Å². The van der Waals surface area contributed by atoms with E-state index in [1.165, 1.54) is 4.90 Å². The fourth-order valence-electron chi connectivity index (χ4n) is 2.95. The Kier molecular flexibility index (Phi) is 4.97. The molecule has 2 N–H and O–H groups in total. The molecule has 0 spiro atoms. The van der Waals surface area contributed by atoms with Crippen LogP contribution in [0.25, 0.3) is 0 Å². The quantitative estimate of drug-likeness (QED) is 0.845. The fraction of sp³-hybridized carbons (Fsp3) is 0.263. The monoisotopic (exact) mass is 343 g/mol. The molecule has 5 heteroatoms. The highest BCUT2D eigenvalue weighted by molar-refractivity contribution is 6.30. The van der Waals surface area contributed by atoms with Crippen LogP contribution in [0.3, 0.4) is 0 Å². The maximum atomic E-state index is 12.6. The summed E-state index contributed by atoms with van der Waals surface area (Å²) in [5, 5.41) is 2.67. The predicted octanol–water partition coefficient (Wildman–Crippen LogP) is 2.09. The maximum absolute atomic E-state index is 12.6. The SMILES string of the molecule is Cc1ccc(N2C(=O)C[C@@H]([NH2+]CCc3cccc(Cl)c3)C2=O)cc1. The van der Waals surface area contributed by atoms with E-state index in [0.29, 0.717) is 10.7 Å². The second kappa shape index (κ2) is 7.16. The number of nitrogens with two attached hydrogens (primary N) is 1. The summed E-state index contributed by atoms with van der Waals surface area (Å²) >= 11 is 5.98. The van der Waals surface area contributed by atoms with Crippen molar-refractivity contribution < 1.29 is 14.9 Å². The molecule has 0 aliphatic carbocycles. The van der Waals surface area contributed by atoms with Gasteiger partial charge >= 0.3 is 0 Å². The first-order valence-electron chi connectivity index (χ1n) is 8.06. The zero-order valence-corrected chi connectivity index (χ0v) is 14.3. The van der Waals surface area contributed by atoms with Gasteiger partial charge in [-0.15, -0.1) is 0 Å². The van der Waals surface area contributed by atoms with Crippen molar-refractivity contribution in [3.8, 4) is 0 Å². The molecule has 1 heterocycles. The van der Waals surface area contributed by atoms with E-state index in [0.717, 1.165) is 24.1 Å². The van der Waals surface area contributed by atoms with Gasteiger partial charge in [-0.1, -0.05) is 41.4 Å². The Hall–Kier alpha value is -2.17. The minimum atomic E-state index is -0.335. The molecule has 3 rings (SSSR count). The molecule has 0 radical (unpaired) electrons. The van der Waals surface area contributed by atoms with Crippen molar-refractivity contribution >= 4 is 29.1 Å². The van der Waals surface area contributed by atoms with Gasteiger partial charge in [0.2, 0.25) is 5.91 Å². The number of amides is 2. The molecule has 1 aliphatic rings. The van der Waals surface area contributed by atoms with Crippen LogP contribution in [0.1, 0.15) is 17.5 Å². The van der Waals surface area contributed by atoms with E-state index in [1.54, 1.807) is 0 Å². The van der Waals surface area contributed by atoms with Crippen molar-refractivity contribution in [3.05, 3.63) is 64.7 Å². The summed E-state index contributed by atoms with van der Waals surface area (Å²) in [6, 6.07) is 14.8. The van der Waals surface area contributed by atoms with Crippen molar-refractivity contribution in [3.63, 3.8) is 0 Å². The Balaban J connectivity index is 1.60. The summed E-state index contributed by atoms with van der Waals surface area (Å²) in [6.45, 7) is 2.72. The first-order chi connectivity index (χ1) is 11.5. The van der Waals surface area contributed by atoms with Gasteiger partial charge in [0.15, 0.2) is 6.04 Å². The molecule has 1 saturated heterocycles. The Labute approximate surface area is 146 Å². The third kappa shape index (κ3) is 3.66. The minimum absolute atomic E-state index is 0.130. The molecule has 4 nitrogen and oxygen atoms in total. The highest BCUT2D eigenvalue weighted by Gasteiger charge is 2.41. The van der Waals surface area contributed by atoms with E-state index in [2.05, 4.69) is 0 Å². The van der Waals surface area contributed by atoms with Crippen LogP contribution in [0.2, 0.25) is 5.02 Å². The van der Waals surface area contributed by atoms with Crippen LogP contribution >= 0.6 is 11.6 Å². The number of anilines is 1. The van der Waals surface area contributed by atoms with Gasteiger partial charge in [-0.05, 0) is 36.8 Å². The molecule has 0 aromatic heterocycles. The summed E-state index contributed by atoms with van der Waals surface area (Å²) in [6.07, 6.45) is 1.06. The van der Waals surface area contributed by atoms with Crippen LogP contribution in [0.5, 0.6) is 0 Å². The molecule has 0 unspecified atom stereocenters. The van der Waals surface area contributed by atoms with Crippen molar-refractivity contribution in [1.29, 1.82) is 0 Å². The first kappa shape index (κ1) is 16.7. The maximum Gasteiger partial charge on any atom is 0.292 e. The van der Waals surface area contributed by atoms with Gasteiger partial charge in [-0.3, -0.25) is 9.59 Å². The van der Waals surface area contributed by atoms with Crippen LogP contribution < -0.4 is 10.2 Å². The van der Waals surface area contributed by atoms with Crippen LogP contribution in [-0.4, -0.2) is 24.4 Å². The van der Waals surface area contributed by atoms with Crippen molar-refractivity contribution in [2.75, 3.05) is 11.4 Å². The number of nitrogens with zero attached hydrogens (tertiary/aromatic N) is 1. The molecule has 24 heavy (non-hydrogen) atoms. The van der Waals surface area contributed by atoms with Gasteiger partial charge in [0, 0.05) is 11.4 Å². The minimum Gasteiger partial charge on any atom is -0.335 e. The summed E-state index contributed by atoms with van der Waals surface area (Å²) in [5.74, 6) is -0.261. The Morgan fingerprint density at radius 2 is 1.92 bits per heavy atom. The number of hydrogen-bond donors (Lipinski definition) is 1. The van der Waals surface area contributed by atoms with E-state index in [-0.39, 0.29) is 24.3 Å². The molecule has 0 bridgehead atoms. The molecule has 0 saturated carbocycles. The largest absolute Gasteiger partial charge is 0.335 e. The van der Waals surface area contributed by atoms with Gasteiger partial charge in [0.25, 0.3) is 5.91 Å². The molecule has 2 aromatic rings. The second-order valence-electron chi connectivity index (χ2n) is 6.12. The lowest BCUT2D eigenvalue weighted by Crippen LogP contribution is -2.92. The van der Waals surface area contributed by atoms with E-state index >= 15 is 0 Å². The second-order valence-corrected chi connectivity index (χ2v) is 6.55. The topological polar surface area (TPSA) is 54.0 Å². The molecular formula is C19H20ClN2O2+. The standard InChI is InChI=1S/C19H19ClN2O2/c1-13-5-7-16(8-6-13)22-18(23)12-17(19(22)24)21-10-9-14-3-2-4-15(20)11-14/h2-8,11,17,21H,9-10,12H2,1H3/p+1/t17-/m1/s1. The molecule has 2 aromatic carbocycles. The number of halogens is 1. The number of imide groups is 1. The van der Waals surface area contributed by atoms with Gasteiger partial charge in [-0.2, -0.15) is 0 Å². The number of rotatable bonds is 5. The molecular weight excluding hydrogens is 324 g/mol. The summed E-state index contributed by atoms with van der Waals surface area (Å²) < 4.78 is 0. The van der Waals surface area contributed by atoms with Crippen LogP contribution in [0.4, 0.5) is 5.69 Å². The lowest BCUT2D eigenvalue weighted by Gasteiger charge is -2.14. The van der Waals surface area contributed by atoms with Crippen LogP contribution in [0, 0.1) is 6.92 Å². The third-order valence-electron chi connectivity index (χ3n) is 4.25. The summed E-state index contributed by atoms with van der Waals surface area (Å²) in [5.41, 5.74) is 2.88. The number of hydrogen-bond acceptors (Lipinski definition) is 2. The number of aryl methyl sites for hydroxylation is 1. The highest BCUT2D eigenvalue weighted by atomic mass is 35.5. The zero-order chi connectivity index (χ0) is 17.1. The van der Waals surface area contributed by atoms with Crippen LogP contribution in [-0.2, 0) is 16.0 Å². The number of carbonyl (C=O) groups excluding carboxylic acids is 2. The third-order valence-corrected chi connectivity index (χ3v) is 4.48. The molecule has 1 atom stereocenters. The van der Waals surface area contributed by atoms with Gasteiger partial charge < -0.3 is 5.32 Å². The Morgan fingerprint density at radius 3 is 2.62 bits per heavy atom. The lowest BCUT2D eigenvalue weighted by atomic mass is 10.1. The van der Waals surface area contributed by atoms with E-state index in [9.17, 15) is 9.59 Å². The van der Waals surface area contributed by atoms with E-state index in [4.69, 9.17) is 11.6 Å². The number of carbonyl (C=O) groups is 2. The zero-order valence-electron chi connectivity index (χ0n) is 13.5. The summed E-state index contributed by atoms with van der Waals surface area (Å²) in [4.78, 5) is 26.1. The van der Waals surface area contributed by atoms with Crippen molar-refractivity contribution in [2.45, 2.75) is 25.8 Å². The molecule has 124 valence electrons. The molecule has 2 amide bonds. The average Bonchev–Trinajstić information content (AvgIpc) is 2.83. The first-order valence-corrected chi connectivity index (χ1v) is 8.43. The van der Waals surface area contributed by atoms with Crippen LogP contribution in [0.15, 0.2) is 48.5 Å². The molecule has 1 fully saturated rings. The fourth-order valence-corrected chi connectivity index (χ4v) is 3.16. The highest BCUT2D eigenvalue weighted by Crippen LogP contribution is 2.22. The summed E-state index contributed by atoms with van der Waals surface area (Å²) in [7, 11) is 0. The van der Waals surface area contributed by atoms with Crippen molar-refractivity contribution in [1.82, 2.24) is 0 Å². The number of quaternary nitrogens is 1. The Bertz CT molecular complexity index is 758. The van der Waals surface area contributed by atoms with Crippen molar-refractivity contribution in [2.24, 2.45) is 0 Å². The van der Waals surface area contributed by atoms with E-state index in [1.807, 2.05) is 60.8 Å². The van der Waals surface area contributed by atoms with Gasteiger partial charge in [0.05, 0.1) is 18.7 Å². The molecule has 1 aliphatic heterocycles. The van der Waals surface area contributed by atoms with E-state index < -0.39 is 0 Å². The van der Waals surface area contributed by atoms with Gasteiger partial charge in [-0.25, -0.2) is 4.90 Å². The lowest BCUT2D eigenvalue weighted by molar-refractivity contribution is -0.674. The normalized spacial score (nSPS) is 17.6. The number of benzene rings is 2.